The summed E-state index contributed by atoms with van der Waals surface area (Å²) in [6, 6.07) is 0. The van der Waals surface area contributed by atoms with Crippen LogP contribution in [0.3, 0.4) is 0 Å². The first-order valence-corrected chi connectivity index (χ1v) is 8.33. The Balaban J connectivity index is 1.80. The Hall–Kier alpha value is -0.490. The van der Waals surface area contributed by atoms with Gasteiger partial charge < -0.3 is 10.1 Å². The number of hydrogen-bond donors (Lipinski definition) is 1. The summed E-state index contributed by atoms with van der Waals surface area (Å²) in [4.78, 5) is 7.16. The van der Waals surface area contributed by atoms with Crippen molar-refractivity contribution in [2.24, 2.45) is 5.92 Å². The number of thiazole rings is 1. The summed E-state index contributed by atoms with van der Waals surface area (Å²) in [5.74, 6) is 0.685. The summed E-state index contributed by atoms with van der Waals surface area (Å²) in [6.45, 7) is 14.4. The molecule has 0 unspecified atom stereocenters. The highest BCUT2D eigenvalue weighted by Crippen LogP contribution is 2.19. The van der Waals surface area contributed by atoms with Crippen molar-refractivity contribution >= 4 is 11.3 Å². The highest BCUT2D eigenvalue weighted by Gasteiger charge is 2.27. The second-order valence-electron chi connectivity index (χ2n) is 6.58. The molecule has 0 saturated carbocycles. The third-order valence-electron chi connectivity index (χ3n) is 3.32. The molecule has 4 nitrogen and oxygen atoms in total. The van der Waals surface area contributed by atoms with Crippen LogP contribution in [0.1, 0.15) is 38.4 Å². The minimum absolute atomic E-state index is 0.0318. The molecule has 1 aliphatic heterocycles. The molecule has 20 heavy (non-hydrogen) atoms. The van der Waals surface area contributed by atoms with Crippen molar-refractivity contribution in [3.8, 4) is 0 Å². The van der Waals surface area contributed by atoms with E-state index in [-0.39, 0.29) is 5.60 Å². The van der Waals surface area contributed by atoms with Gasteiger partial charge in [0.1, 0.15) is 5.01 Å². The van der Waals surface area contributed by atoms with Crippen LogP contribution < -0.4 is 5.32 Å². The van der Waals surface area contributed by atoms with Gasteiger partial charge in [0.15, 0.2) is 0 Å². The van der Waals surface area contributed by atoms with Crippen LogP contribution in [0.25, 0.3) is 0 Å². The second kappa shape index (κ2) is 6.98. The molecule has 0 amide bonds. The number of ether oxygens (including phenoxy) is 1. The Morgan fingerprint density at radius 2 is 2.30 bits per heavy atom. The van der Waals surface area contributed by atoms with Gasteiger partial charge in [0.2, 0.25) is 0 Å². The highest BCUT2D eigenvalue weighted by molar-refractivity contribution is 7.09. The van der Waals surface area contributed by atoms with Crippen LogP contribution in [0, 0.1) is 5.92 Å². The Kier molecular flexibility index (Phi) is 5.55. The minimum Gasteiger partial charge on any atom is -0.373 e. The van der Waals surface area contributed by atoms with Crippen LogP contribution in [0.2, 0.25) is 0 Å². The molecule has 5 heteroatoms. The Labute approximate surface area is 126 Å². The molecule has 0 bridgehead atoms. The highest BCUT2D eigenvalue weighted by atomic mass is 32.1. The average molecular weight is 297 g/mol. The molecule has 114 valence electrons. The molecule has 1 saturated heterocycles. The van der Waals surface area contributed by atoms with Crippen LogP contribution in [0.4, 0.5) is 0 Å². The molecule has 1 aromatic rings. The monoisotopic (exact) mass is 297 g/mol. The minimum atomic E-state index is -0.0318. The van der Waals surface area contributed by atoms with E-state index >= 15 is 0 Å². The van der Waals surface area contributed by atoms with Gasteiger partial charge in [0.05, 0.1) is 17.9 Å². The fourth-order valence-corrected chi connectivity index (χ4v) is 3.20. The summed E-state index contributed by atoms with van der Waals surface area (Å²) in [5, 5.41) is 6.82. The maximum atomic E-state index is 5.74. The maximum Gasteiger partial charge on any atom is 0.107 e. The van der Waals surface area contributed by atoms with Crippen molar-refractivity contribution in [1.82, 2.24) is 15.2 Å². The molecule has 0 spiro atoms. The Morgan fingerprint density at radius 1 is 1.50 bits per heavy atom. The number of aromatic nitrogens is 1. The third-order valence-corrected chi connectivity index (χ3v) is 4.22. The molecule has 0 aromatic carbocycles. The predicted octanol–water partition coefficient (Wildman–Crippen LogP) is 2.50. The standard InChI is InChI=1S/C15H27N3OS/c1-12(2)7-16-8-14-17-13(10-20-14)9-18-5-6-19-15(3,4)11-18/h10,12,16H,5-9,11H2,1-4H3. The molecule has 1 aliphatic rings. The van der Waals surface area contributed by atoms with Gasteiger partial charge in [-0.3, -0.25) is 4.90 Å². The average Bonchev–Trinajstić information content (AvgIpc) is 2.75. The molecule has 1 fully saturated rings. The van der Waals surface area contributed by atoms with Crippen LogP contribution in [0.15, 0.2) is 5.38 Å². The van der Waals surface area contributed by atoms with Gasteiger partial charge in [0.25, 0.3) is 0 Å². The lowest BCUT2D eigenvalue weighted by molar-refractivity contribution is -0.0884. The topological polar surface area (TPSA) is 37.4 Å². The van der Waals surface area contributed by atoms with E-state index in [9.17, 15) is 0 Å². The number of nitrogens with one attached hydrogen (secondary N) is 1. The molecule has 0 atom stereocenters. The number of morpholine rings is 1. The third kappa shape index (κ3) is 5.13. The molecular weight excluding hydrogens is 270 g/mol. The fraction of sp³-hybridized carbons (Fsp3) is 0.800. The van der Waals surface area contributed by atoms with Crippen molar-refractivity contribution in [3.05, 3.63) is 16.1 Å². The van der Waals surface area contributed by atoms with Crippen LogP contribution >= 0.6 is 11.3 Å². The van der Waals surface area contributed by atoms with Gasteiger partial charge in [-0.05, 0) is 26.3 Å². The molecule has 1 N–H and O–H groups in total. The number of hydrogen-bond acceptors (Lipinski definition) is 5. The summed E-state index contributed by atoms with van der Waals surface area (Å²) >= 11 is 1.76. The molecule has 2 rings (SSSR count). The first kappa shape index (κ1) is 15.9. The zero-order chi connectivity index (χ0) is 14.6. The van der Waals surface area contributed by atoms with E-state index < -0.39 is 0 Å². The van der Waals surface area contributed by atoms with Crippen molar-refractivity contribution in [3.63, 3.8) is 0 Å². The predicted molar refractivity (Wildman–Crippen MR) is 84.0 cm³/mol. The van der Waals surface area contributed by atoms with Gasteiger partial charge in [-0.1, -0.05) is 13.8 Å². The summed E-state index contributed by atoms with van der Waals surface area (Å²) in [5.41, 5.74) is 1.16. The lowest BCUT2D eigenvalue weighted by Gasteiger charge is -2.37. The molecule has 2 heterocycles. The van der Waals surface area contributed by atoms with E-state index in [1.54, 1.807) is 11.3 Å². The molecule has 1 aromatic heterocycles. The SMILES string of the molecule is CC(C)CNCc1nc(CN2CCOC(C)(C)C2)cs1. The van der Waals surface area contributed by atoms with Crippen molar-refractivity contribution in [2.75, 3.05) is 26.2 Å². The normalized spacial score (nSPS) is 19.6. The molecular formula is C15H27N3OS. The summed E-state index contributed by atoms with van der Waals surface area (Å²) < 4.78 is 5.74. The van der Waals surface area contributed by atoms with Crippen molar-refractivity contribution in [1.29, 1.82) is 0 Å². The van der Waals surface area contributed by atoms with E-state index in [1.165, 1.54) is 10.7 Å². The lowest BCUT2D eigenvalue weighted by atomic mass is 10.1. The van der Waals surface area contributed by atoms with Crippen LogP contribution in [0.5, 0.6) is 0 Å². The van der Waals surface area contributed by atoms with E-state index in [1.807, 2.05) is 0 Å². The van der Waals surface area contributed by atoms with Gasteiger partial charge in [0, 0.05) is 31.6 Å². The van der Waals surface area contributed by atoms with Crippen LogP contribution in [-0.4, -0.2) is 41.7 Å². The van der Waals surface area contributed by atoms with E-state index in [2.05, 4.69) is 43.3 Å². The zero-order valence-electron chi connectivity index (χ0n) is 13.1. The largest absolute Gasteiger partial charge is 0.373 e. The van der Waals surface area contributed by atoms with Gasteiger partial charge in [-0.2, -0.15) is 0 Å². The van der Waals surface area contributed by atoms with E-state index in [4.69, 9.17) is 9.72 Å². The zero-order valence-corrected chi connectivity index (χ0v) is 13.9. The first-order chi connectivity index (χ1) is 9.44. The lowest BCUT2D eigenvalue weighted by Crippen LogP contribution is -2.47. The van der Waals surface area contributed by atoms with Gasteiger partial charge in [-0.15, -0.1) is 11.3 Å². The van der Waals surface area contributed by atoms with Crippen molar-refractivity contribution in [2.45, 2.75) is 46.4 Å². The quantitative estimate of drug-likeness (QED) is 0.875. The Bertz CT molecular complexity index is 417. The molecule has 0 aliphatic carbocycles. The van der Waals surface area contributed by atoms with E-state index in [0.29, 0.717) is 5.92 Å². The van der Waals surface area contributed by atoms with Crippen LogP contribution in [-0.2, 0) is 17.8 Å². The molecule has 0 radical (unpaired) electrons. The fourth-order valence-electron chi connectivity index (χ4n) is 2.45. The Morgan fingerprint density at radius 3 is 3.00 bits per heavy atom. The number of nitrogens with zero attached hydrogens (tertiary/aromatic N) is 2. The second-order valence-corrected chi connectivity index (χ2v) is 7.52. The summed E-state index contributed by atoms with van der Waals surface area (Å²) in [7, 11) is 0. The first-order valence-electron chi connectivity index (χ1n) is 7.45. The number of rotatable bonds is 6. The van der Waals surface area contributed by atoms with E-state index in [0.717, 1.165) is 39.3 Å². The van der Waals surface area contributed by atoms with Gasteiger partial charge in [-0.25, -0.2) is 4.98 Å². The smallest absolute Gasteiger partial charge is 0.107 e. The summed E-state index contributed by atoms with van der Waals surface area (Å²) in [6.07, 6.45) is 0. The van der Waals surface area contributed by atoms with Crippen molar-refractivity contribution < 1.29 is 4.74 Å². The van der Waals surface area contributed by atoms with Gasteiger partial charge >= 0.3 is 0 Å². The maximum absolute atomic E-state index is 5.74.